The van der Waals surface area contributed by atoms with Gasteiger partial charge in [-0.15, -0.1) is 0 Å². The Hall–Kier alpha value is -0.820. The van der Waals surface area contributed by atoms with Crippen molar-refractivity contribution in [2.45, 2.75) is 57.9 Å². The fourth-order valence-corrected chi connectivity index (χ4v) is 2.20. The van der Waals surface area contributed by atoms with E-state index in [2.05, 4.69) is 50.4 Å². The first kappa shape index (κ1) is 12.6. The van der Waals surface area contributed by atoms with Crippen molar-refractivity contribution < 1.29 is 0 Å². The molecule has 1 N–H and O–H groups in total. The molecule has 0 atom stereocenters. The number of hydrogen-bond acceptors (Lipinski definition) is 1. The maximum atomic E-state index is 3.64. The summed E-state index contributed by atoms with van der Waals surface area (Å²) in [5, 5.41) is 3.64. The molecule has 17 heavy (non-hydrogen) atoms. The number of rotatable bonds is 6. The van der Waals surface area contributed by atoms with Crippen molar-refractivity contribution in [2.75, 3.05) is 6.54 Å². The maximum absolute atomic E-state index is 3.64. The van der Waals surface area contributed by atoms with Crippen molar-refractivity contribution >= 4 is 0 Å². The van der Waals surface area contributed by atoms with Gasteiger partial charge in [-0.05, 0) is 30.4 Å². The van der Waals surface area contributed by atoms with Crippen LogP contribution < -0.4 is 5.32 Å². The molecule has 0 amide bonds. The maximum Gasteiger partial charge on any atom is 0.00685 e. The summed E-state index contributed by atoms with van der Waals surface area (Å²) >= 11 is 0. The summed E-state index contributed by atoms with van der Waals surface area (Å²) in [6, 6.07) is 9.99. The van der Waals surface area contributed by atoms with Gasteiger partial charge in [0.1, 0.15) is 0 Å². The van der Waals surface area contributed by atoms with E-state index in [9.17, 15) is 0 Å². The molecule has 0 aromatic heterocycles. The minimum absolute atomic E-state index is 0.243. The molecule has 1 aliphatic carbocycles. The average Bonchev–Trinajstić information content (AvgIpc) is 3.12. The Morgan fingerprint density at radius 3 is 2.35 bits per heavy atom. The van der Waals surface area contributed by atoms with Gasteiger partial charge in [-0.2, -0.15) is 0 Å². The molecule has 1 nitrogen and oxygen atoms in total. The van der Waals surface area contributed by atoms with Crippen LogP contribution in [0.5, 0.6) is 0 Å². The third-order valence-corrected chi connectivity index (χ3v) is 3.68. The zero-order chi connectivity index (χ0) is 12.3. The van der Waals surface area contributed by atoms with Crippen LogP contribution in [-0.4, -0.2) is 12.6 Å². The third-order valence-electron chi connectivity index (χ3n) is 3.68. The minimum Gasteiger partial charge on any atom is -0.313 e. The topological polar surface area (TPSA) is 12.0 Å². The van der Waals surface area contributed by atoms with Crippen molar-refractivity contribution in [3.05, 3.63) is 35.4 Å². The van der Waals surface area contributed by atoms with Gasteiger partial charge in [0.15, 0.2) is 0 Å². The standard InChI is InChI=1S/C16H25N/c1-4-5-13-6-8-14(9-7-13)16(2,3)12-17-15-10-11-15/h6-9,15,17H,4-5,10-12H2,1-3H3. The van der Waals surface area contributed by atoms with E-state index in [4.69, 9.17) is 0 Å². The van der Waals surface area contributed by atoms with Gasteiger partial charge in [-0.1, -0.05) is 51.5 Å². The van der Waals surface area contributed by atoms with E-state index in [1.165, 1.54) is 36.8 Å². The van der Waals surface area contributed by atoms with Crippen LogP contribution in [0.3, 0.4) is 0 Å². The molecule has 1 fully saturated rings. The molecule has 2 rings (SSSR count). The summed E-state index contributed by atoms with van der Waals surface area (Å²) in [6.07, 6.45) is 5.16. The van der Waals surface area contributed by atoms with Crippen LogP contribution in [0.2, 0.25) is 0 Å². The van der Waals surface area contributed by atoms with E-state index < -0.39 is 0 Å². The smallest absolute Gasteiger partial charge is 0.00685 e. The lowest BCUT2D eigenvalue weighted by Gasteiger charge is -2.26. The monoisotopic (exact) mass is 231 g/mol. The largest absolute Gasteiger partial charge is 0.313 e. The highest BCUT2D eigenvalue weighted by atomic mass is 15.0. The zero-order valence-corrected chi connectivity index (χ0v) is 11.4. The van der Waals surface area contributed by atoms with Gasteiger partial charge in [0, 0.05) is 18.0 Å². The fraction of sp³-hybridized carbons (Fsp3) is 0.625. The van der Waals surface area contributed by atoms with Crippen molar-refractivity contribution in [1.29, 1.82) is 0 Å². The molecule has 0 radical (unpaired) electrons. The van der Waals surface area contributed by atoms with Crippen LogP contribution in [-0.2, 0) is 11.8 Å². The zero-order valence-electron chi connectivity index (χ0n) is 11.4. The molecule has 0 aliphatic heterocycles. The van der Waals surface area contributed by atoms with E-state index in [0.29, 0.717) is 0 Å². The highest BCUT2D eigenvalue weighted by molar-refractivity contribution is 5.28. The van der Waals surface area contributed by atoms with Crippen molar-refractivity contribution in [2.24, 2.45) is 0 Å². The Bertz CT molecular complexity index is 346. The summed E-state index contributed by atoms with van der Waals surface area (Å²) in [7, 11) is 0. The SMILES string of the molecule is CCCc1ccc(C(C)(C)CNC2CC2)cc1. The first-order chi connectivity index (χ1) is 8.12. The Morgan fingerprint density at radius 2 is 1.82 bits per heavy atom. The van der Waals surface area contributed by atoms with Crippen LogP contribution in [0.25, 0.3) is 0 Å². The first-order valence-electron chi connectivity index (χ1n) is 6.94. The third kappa shape index (κ3) is 3.57. The van der Waals surface area contributed by atoms with Gasteiger partial charge in [-0.25, -0.2) is 0 Å². The molecule has 0 saturated heterocycles. The molecule has 1 aliphatic rings. The van der Waals surface area contributed by atoms with Gasteiger partial charge in [0.05, 0.1) is 0 Å². The fourth-order valence-electron chi connectivity index (χ4n) is 2.20. The van der Waals surface area contributed by atoms with Crippen LogP contribution in [0.4, 0.5) is 0 Å². The lowest BCUT2D eigenvalue weighted by Crippen LogP contribution is -2.34. The minimum atomic E-state index is 0.243. The van der Waals surface area contributed by atoms with Gasteiger partial charge >= 0.3 is 0 Å². The van der Waals surface area contributed by atoms with E-state index in [0.717, 1.165) is 12.6 Å². The Morgan fingerprint density at radius 1 is 1.18 bits per heavy atom. The van der Waals surface area contributed by atoms with E-state index in [1.807, 2.05) is 0 Å². The Kier molecular flexibility index (Phi) is 3.88. The number of nitrogens with one attached hydrogen (secondary N) is 1. The average molecular weight is 231 g/mol. The second kappa shape index (κ2) is 5.22. The summed E-state index contributed by atoms with van der Waals surface area (Å²) < 4.78 is 0. The van der Waals surface area contributed by atoms with E-state index in [1.54, 1.807) is 0 Å². The van der Waals surface area contributed by atoms with Crippen LogP contribution in [0.15, 0.2) is 24.3 Å². The quantitative estimate of drug-likeness (QED) is 0.787. The summed E-state index contributed by atoms with van der Waals surface area (Å²) in [5.74, 6) is 0. The normalized spacial score (nSPS) is 16.2. The predicted molar refractivity (Wildman–Crippen MR) is 74.5 cm³/mol. The van der Waals surface area contributed by atoms with Crippen LogP contribution >= 0.6 is 0 Å². The van der Waals surface area contributed by atoms with E-state index >= 15 is 0 Å². The summed E-state index contributed by atoms with van der Waals surface area (Å²) in [6.45, 7) is 7.98. The number of benzene rings is 1. The van der Waals surface area contributed by atoms with Crippen molar-refractivity contribution in [3.8, 4) is 0 Å². The second-order valence-electron chi connectivity index (χ2n) is 5.99. The Balaban J connectivity index is 1.98. The highest BCUT2D eigenvalue weighted by Gasteiger charge is 2.26. The lowest BCUT2D eigenvalue weighted by atomic mass is 9.84. The summed E-state index contributed by atoms with van der Waals surface area (Å²) in [5.41, 5.74) is 3.15. The molecule has 0 bridgehead atoms. The van der Waals surface area contributed by atoms with Gasteiger partial charge < -0.3 is 5.32 Å². The molecule has 1 saturated carbocycles. The van der Waals surface area contributed by atoms with E-state index in [-0.39, 0.29) is 5.41 Å². The van der Waals surface area contributed by atoms with Gasteiger partial charge in [0.25, 0.3) is 0 Å². The van der Waals surface area contributed by atoms with Crippen molar-refractivity contribution in [3.63, 3.8) is 0 Å². The predicted octanol–water partition coefficient (Wildman–Crippen LogP) is 3.67. The molecule has 0 spiro atoms. The number of aryl methyl sites for hydroxylation is 1. The van der Waals surface area contributed by atoms with Crippen molar-refractivity contribution in [1.82, 2.24) is 5.32 Å². The molecule has 1 aromatic rings. The molecular weight excluding hydrogens is 206 g/mol. The molecular formula is C16H25N. The highest BCUT2D eigenvalue weighted by Crippen LogP contribution is 2.25. The molecule has 1 aromatic carbocycles. The molecule has 0 unspecified atom stereocenters. The molecule has 94 valence electrons. The number of hydrogen-bond donors (Lipinski definition) is 1. The first-order valence-corrected chi connectivity index (χ1v) is 6.94. The van der Waals surface area contributed by atoms with Crippen LogP contribution in [0.1, 0.15) is 51.2 Å². The lowest BCUT2D eigenvalue weighted by molar-refractivity contribution is 0.467. The summed E-state index contributed by atoms with van der Waals surface area (Å²) in [4.78, 5) is 0. The second-order valence-corrected chi connectivity index (χ2v) is 5.99. The molecule has 1 heteroatoms. The Labute approximate surface area is 106 Å². The van der Waals surface area contributed by atoms with Crippen LogP contribution in [0, 0.1) is 0 Å². The van der Waals surface area contributed by atoms with Gasteiger partial charge in [0.2, 0.25) is 0 Å². The molecule has 0 heterocycles. The van der Waals surface area contributed by atoms with Gasteiger partial charge in [-0.3, -0.25) is 0 Å².